The third-order valence-corrected chi connectivity index (χ3v) is 2.50. The van der Waals surface area contributed by atoms with E-state index in [-0.39, 0.29) is 0 Å². The number of carboxylic acids is 1. The van der Waals surface area contributed by atoms with Crippen LogP contribution in [0.5, 0.6) is 0 Å². The minimum Gasteiger partial charge on any atom is -0.480 e. The van der Waals surface area contributed by atoms with Gasteiger partial charge in [-0.25, -0.2) is 4.79 Å². The van der Waals surface area contributed by atoms with Crippen LogP contribution in [-0.2, 0) is 10.3 Å². The van der Waals surface area contributed by atoms with E-state index in [1.54, 1.807) is 25.1 Å². The molecule has 1 aromatic carbocycles. The van der Waals surface area contributed by atoms with Crippen molar-refractivity contribution in [3.05, 3.63) is 34.3 Å². The van der Waals surface area contributed by atoms with E-state index in [4.69, 9.17) is 22.4 Å². The first kappa shape index (κ1) is 11.0. The second-order valence-corrected chi connectivity index (χ2v) is 3.85. The monoisotopic (exact) mass is 213 g/mol. The van der Waals surface area contributed by atoms with Gasteiger partial charge in [0, 0.05) is 10.6 Å². The third kappa shape index (κ3) is 1.74. The Kier molecular flexibility index (Phi) is 2.83. The van der Waals surface area contributed by atoms with Crippen LogP contribution in [0.3, 0.4) is 0 Å². The molecule has 0 fully saturated rings. The Hall–Kier alpha value is -1.06. The standard InChI is InChI=1S/C10H12ClNO2/c1-6-4-3-5-7(11)8(6)10(2,12)9(13)14/h3-5H,12H2,1-2H3,(H,13,14). The Morgan fingerprint density at radius 1 is 1.57 bits per heavy atom. The highest BCUT2D eigenvalue weighted by Gasteiger charge is 2.33. The van der Waals surface area contributed by atoms with Crippen LogP contribution in [0, 0.1) is 6.92 Å². The van der Waals surface area contributed by atoms with Crippen LogP contribution in [-0.4, -0.2) is 11.1 Å². The Bertz CT molecular complexity index is 354. The number of aliphatic carboxylic acids is 1. The molecule has 1 aromatic rings. The number of rotatable bonds is 2. The normalized spacial score (nSPS) is 14.9. The van der Waals surface area contributed by atoms with Crippen LogP contribution in [0.2, 0.25) is 5.02 Å². The highest BCUT2D eigenvalue weighted by molar-refractivity contribution is 6.31. The van der Waals surface area contributed by atoms with Crippen molar-refractivity contribution in [1.82, 2.24) is 0 Å². The lowest BCUT2D eigenvalue weighted by molar-refractivity contribution is -0.143. The fraction of sp³-hybridized carbons (Fsp3) is 0.300. The summed E-state index contributed by atoms with van der Waals surface area (Å²) in [4.78, 5) is 10.9. The van der Waals surface area contributed by atoms with Crippen molar-refractivity contribution >= 4 is 17.6 Å². The van der Waals surface area contributed by atoms with E-state index in [0.717, 1.165) is 5.56 Å². The zero-order valence-electron chi connectivity index (χ0n) is 8.04. The lowest BCUT2D eigenvalue weighted by atomic mass is 9.90. The quantitative estimate of drug-likeness (QED) is 0.789. The molecule has 0 amide bonds. The molecule has 1 rings (SSSR count). The first-order chi connectivity index (χ1) is 6.37. The second-order valence-electron chi connectivity index (χ2n) is 3.44. The Labute approximate surface area is 87.5 Å². The average molecular weight is 214 g/mol. The van der Waals surface area contributed by atoms with Gasteiger partial charge in [-0.3, -0.25) is 0 Å². The molecule has 1 unspecified atom stereocenters. The first-order valence-electron chi connectivity index (χ1n) is 4.15. The maximum atomic E-state index is 10.9. The highest BCUT2D eigenvalue weighted by Crippen LogP contribution is 2.29. The zero-order chi connectivity index (χ0) is 10.9. The molecule has 14 heavy (non-hydrogen) atoms. The molecule has 0 saturated heterocycles. The van der Waals surface area contributed by atoms with Crippen LogP contribution in [0.4, 0.5) is 0 Å². The molecule has 0 aliphatic heterocycles. The van der Waals surface area contributed by atoms with Crippen molar-refractivity contribution in [2.75, 3.05) is 0 Å². The van der Waals surface area contributed by atoms with E-state index in [0.29, 0.717) is 10.6 Å². The summed E-state index contributed by atoms with van der Waals surface area (Å²) < 4.78 is 0. The van der Waals surface area contributed by atoms with Gasteiger partial charge in [-0.1, -0.05) is 23.7 Å². The van der Waals surface area contributed by atoms with Gasteiger partial charge in [0.2, 0.25) is 0 Å². The van der Waals surface area contributed by atoms with Crippen molar-refractivity contribution in [3.8, 4) is 0 Å². The predicted octanol–water partition coefficient (Wildman–Crippen LogP) is 1.91. The van der Waals surface area contributed by atoms with E-state index < -0.39 is 11.5 Å². The summed E-state index contributed by atoms with van der Waals surface area (Å²) in [5.74, 6) is -1.09. The van der Waals surface area contributed by atoms with Crippen molar-refractivity contribution in [2.24, 2.45) is 5.73 Å². The van der Waals surface area contributed by atoms with E-state index in [1.807, 2.05) is 0 Å². The number of benzene rings is 1. The van der Waals surface area contributed by atoms with Gasteiger partial charge in [0.05, 0.1) is 0 Å². The Morgan fingerprint density at radius 3 is 2.57 bits per heavy atom. The number of carboxylic acid groups (broad SMARTS) is 1. The molecular formula is C10H12ClNO2. The summed E-state index contributed by atoms with van der Waals surface area (Å²) in [6.07, 6.45) is 0. The molecule has 1 atom stereocenters. The summed E-state index contributed by atoms with van der Waals surface area (Å²) in [5, 5.41) is 9.35. The molecule has 0 aliphatic carbocycles. The topological polar surface area (TPSA) is 63.3 Å². The molecule has 76 valence electrons. The predicted molar refractivity (Wildman–Crippen MR) is 55.4 cm³/mol. The summed E-state index contributed by atoms with van der Waals surface area (Å²) in [6.45, 7) is 3.22. The van der Waals surface area contributed by atoms with Gasteiger partial charge in [-0.15, -0.1) is 0 Å². The van der Waals surface area contributed by atoms with Crippen LogP contribution in [0.15, 0.2) is 18.2 Å². The molecule has 0 saturated carbocycles. The number of halogens is 1. The van der Waals surface area contributed by atoms with Crippen LogP contribution in [0.1, 0.15) is 18.1 Å². The zero-order valence-corrected chi connectivity index (χ0v) is 8.80. The molecule has 3 nitrogen and oxygen atoms in total. The lowest BCUT2D eigenvalue weighted by Gasteiger charge is -2.23. The third-order valence-electron chi connectivity index (χ3n) is 2.19. The minimum absolute atomic E-state index is 0.386. The van der Waals surface area contributed by atoms with Gasteiger partial charge in [-0.05, 0) is 25.5 Å². The van der Waals surface area contributed by atoms with Gasteiger partial charge >= 0.3 is 5.97 Å². The fourth-order valence-electron chi connectivity index (χ4n) is 1.40. The Morgan fingerprint density at radius 2 is 2.14 bits per heavy atom. The second kappa shape index (κ2) is 3.59. The maximum Gasteiger partial charge on any atom is 0.328 e. The number of hydrogen-bond donors (Lipinski definition) is 2. The molecule has 0 spiro atoms. The van der Waals surface area contributed by atoms with Crippen molar-refractivity contribution in [3.63, 3.8) is 0 Å². The maximum absolute atomic E-state index is 10.9. The summed E-state index contributed by atoms with van der Waals surface area (Å²) in [6, 6.07) is 5.19. The molecule has 0 radical (unpaired) electrons. The van der Waals surface area contributed by atoms with Gasteiger partial charge in [-0.2, -0.15) is 0 Å². The molecule has 0 heterocycles. The van der Waals surface area contributed by atoms with Gasteiger partial charge in [0.15, 0.2) is 0 Å². The first-order valence-corrected chi connectivity index (χ1v) is 4.53. The molecule has 4 heteroatoms. The van der Waals surface area contributed by atoms with Gasteiger partial charge in [0.25, 0.3) is 0 Å². The van der Waals surface area contributed by atoms with E-state index >= 15 is 0 Å². The number of carbonyl (C=O) groups is 1. The number of aryl methyl sites for hydroxylation is 1. The van der Waals surface area contributed by atoms with E-state index in [1.165, 1.54) is 6.92 Å². The van der Waals surface area contributed by atoms with Gasteiger partial charge in [0.1, 0.15) is 5.54 Å². The number of hydrogen-bond acceptors (Lipinski definition) is 2. The fourth-order valence-corrected chi connectivity index (χ4v) is 1.81. The van der Waals surface area contributed by atoms with Crippen molar-refractivity contribution in [1.29, 1.82) is 0 Å². The summed E-state index contributed by atoms with van der Waals surface area (Å²) in [5.41, 5.74) is 5.51. The Balaban J connectivity index is 3.38. The summed E-state index contributed by atoms with van der Waals surface area (Å²) in [7, 11) is 0. The lowest BCUT2D eigenvalue weighted by Crippen LogP contribution is -2.42. The molecule has 0 aliphatic rings. The SMILES string of the molecule is Cc1cccc(Cl)c1C(C)(N)C(=O)O. The molecule has 0 bridgehead atoms. The number of nitrogens with two attached hydrogens (primary N) is 1. The van der Waals surface area contributed by atoms with Crippen LogP contribution >= 0.6 is 11.6 Å². The smallest absolute Gasteiger partial charge is 0.328 e. The minimum atomic E-state index is -1.44. The van der Waals surface area contributed by atoms with Gasteiger partial charge < -0.3 is 10.8 Å². The van der Waals surface area contributed by atoms with Crippen molar-refractivity contribution < 1.29 is 9.90 Å². The summed E-state index contributed by atoms with van der Waals surface area (Å²) >= 11 is 5.91. The molecule has 3 N–H and O–H groups in total. The van der Waals surface area contributed by atoms with Crippen LogP contribution in [0.25, 0.3) is 0 Å². The van der Waals surface area contributed by atoms with E-state index in [9.17, 15) is 4.79 Å². The van der Waals surface area contributed by atoms with E-state index in [2.05, 4.69) is 0 Å². The van der Waals surface area contributed by atoms with Crippen molar-refractivity contribution in [2.45, 2.75) is 19.4 Å². The molecule has 0 aromatic heterocycles. The average Bonchev–Trinajstić information content (AvgIpc) is 2.02. The largest absolute Gasteiger partial charge is 0.480 e. The highest BCUT2D eigenvalue weighted by atomic mass is 35.5. The molecular weight excluding hydrogens is 202 g/mol. The van der Waals surface area contributed by atoms with Crippen LogP contribution < -0.4 is 5.73 Å².